The Hall–Kier alpha value is -2.57. The Morgan fingerprint density at radius 3 is 2.92 bits per heavy atom. The minimum Gasteiger partial charge on any atom is -0.482 e. The SMILES string of the molecule is CCC[C@@]1(C(=O)O)CCCN(C(=O)c2ccc3c(c2)OCC(=O)N3)C1. The van der Waals surface area contributed by atoms with Gasteiger partial charge in [0.15, 0.2) is 6.61 Å². The number of fused-ring (bicyclic) bond motifs is 1. The minimum absolute atomic E-state index is 0.0764. The predicted molar refractivity (Wildman–Crippen MR) is 90.7 cm³/mol. The Balaban J connectivity index is 1.81. The molecule has 7 nitrogen and oxygen atoms in total. The molecule has 3 rings (SSSR count). The first-order valence-electron chi connectivity index (χ1n) is 8.54. The number of likely N-dealkylation sites (tertiary alicyclic amines) is 1. The van der Waals surface area contributed by atoms with Gasteiger partial charge in [-0.15, -0.1) is 0 Å². The van der Waals surface area contributed by atoms with Crippen molar-refractivity contribution >= 4 is 23.5 Å². The third kappa shape index (κ3) is 3.31. The smallest absolute Gasteiger partial charge is 0.311 e. The maximum absolute atomic E-state index is 12.9. The third-order valence-electron chi connectivity index (χ3n) is 4.91. The number of carboxylic acids is 1. The van der Waals surface area contributed by atoms with E-state index in [0.29, 0.717) is 42.8 Å². The molecule has 0 aliphatic carbocycles. The zero-order chi connectivity index (χ0) is 18.0. The molecule has 1 aromatic carbocycles. The Labute approximate surface area is 146 Å². The highest BCUT2D eigenvalue weighted by Crippen LogP contribution is 2.36. The van der Waals surface area contributed by atoms with Crippen LogP contribution in [-0.2, 0) is 9.59 Å². The molecule has 0 spiro atoms. The van der Waals surface area contributed by atoms with Gasteiger partial charge in [0.25, 0.3) is 11.8 Å². The summed E-state index contributed by atoms with van der Waals surface area (Å²) in [6, 6.07) is 4.88. The molecule has 0 unspecified atom stereocenters. The highest BCUT2D eigenvalue weighted by atomic mass is 16.5. The summed E-state index contributed by atoms with van der Waals surface area (Å²) in [4.78, 5) is 37.6. The van der Waals surface area contributed by atoms with Gasteiger partial charge in [-0.1, -0.05) is 13.3 Å². The zero-order valence-corrected chi connectivity index (χ0v) is 14.2. The molecule has 134 valence electrons. The standard InChI is InChI=1S/C18H22N2O5/c1-2-6-18(17(23)24)7-3-8-20(11-18)16(22)12-4-5-13-14(9-12)25-10-15(21)19-13/h4-5,9H,2-3,6-8,10-11H2,1H3,(H,19,21)(H,23,24)/t18-/m1/s1. The van der Waals surface area contributed by atoms with Crippen LogP contribution in [0.15, 0.2) is 18.2 Å². The number of hydrogen-bond acceptors (Lipinski definition) is 4. The number of nitrogens with zero attached hydrogens (tertiary/aromatic N) is 1. The molecule has 1 aromatic rings. The van der Waals surface area contributed by atoms with Gasteiger partial charge in [0.2, 0.25) is 0 Å². The zero-order valence-electron chi connectivity index (χ0n) is 14.2. The first kappa shape index (κ1) is 17.3. The Morgan fingerprint density at radius 2 is 2.20 bits per heavy atom. The van der Waals surface area contributed by atoms with Crippen LogP contribution >= 0.6 is 0 Å². The van der Waals surface area contributed by atoms with E-state index in [1.165, 1.54) is 0 Å². The molecule has 2 aliphatic heterocycles. The number of amides is 2. The highest BCUT2D eigenvalue weighted by Gasteiger charge is 2.43. The number of nitrogens with one attached hydrogen (secondary N) is 1. The van der Waals surface area contributed by atoms with Crippen molar-refractivity contribution in [2.75, 3.05) is 25.0 Å². The largest absolute Gasteiger partial charge is 0.482 e. The average molecular weight is 346 g/mol. The molecule has 2 N–H and O–H groups in total. The van der Waals surface area contributed by atoms with Gasteiger partial charge in [-0.05, 0) is 37.5 Å². The molecular formula is C18H22N2O5. The van der Waals surface area contributed by atoms with E-state index >= 15 is 0 Å². The van der Waals surface area contributed by atoms with Gasteiger partial charge in [-0.3, -0.25) is 14.4 Å². The van der Waals surface area contributed by atoms with Crippen LogP contribution in [0.3, 0.4) is 0 Å². The lowest BCUT2D eigenvalue weighted by Gasteiger charge is -2.40. The number of ether oxygens (including phenoxy) is 1. The van der Waals surface area contributed by atoms with Crippen LogP contribution in [0.25, 0.3) is 0 Å². The molecule has 2 aliphatic rings. The first-order chi connectivity index (χ1) is 11.9. The molecule has 0 aromatic heterocycles. The number of aliphatic carboxylic acids is 1. The topological polar surface area (TPSA) is 95.9 Å². The lowest BCUT2D eigenvalue weighted by Crippen LogP contribution is -2.49. The normalized spacial score (nSPS) is 22.6. The van der Waals surface area contributed by atoms with Gasteiger partial charge in [0, 0.05) is 18.7 Å². The van der Waals surface area contributed by atoms with Crippen LogP contribution in [0.2, 0.25) is 0 Å². The molecule has 1 fully saturated rings. The number of carbonyl (C=O) groups is 3. The molecule has 25 heavy (non-hydrogen) atoms. The Kier molecular flexibility index (Phi) is 4.65. The second-order valence-electron chi connectivity index (χ2n) is 6.71. The fourth-order valence-electron chi connectivity index (χ4n) is 3.66. The summed E-state index contributed by atoms with van der Waals surface area (Å²) in [7, 11) is 0. The fourth-order valence-corrected chi connectivity index (χ4v) is 3.66. The number of hydrogen-bond donors (Lipinski definition) is 2. The van der Waals surface area contributed by atoms with E-state index in [2.05, 4.69) is 5.32 Å². The lowest BCUT2D eigenvalue weighted by atomic mass is 9.76. The number of carboxylic acid groups (broad SMARTS) is 1. The van der Waals surface area contributed by atoms with E-state index in [0.717, 1.165) is 6.42 Å². The molecule has 1 saturated heterocycles. The lowest BCUT2D eigenvalue weighted by molar-refractivity contribution is -0.152. The van der Waals surface area contributed by atoms with Crippen LogP contribution in [0.4, 0.5) is 5.69 Å². The number of carbonyl (C=O) groups excluding carboxylic acids is 2. The Bertz CT molecular complexity index is 713. The second-order valence-corrected chi connectivity index (χ2v) is 6.71. The quantitative estimate of drug-likeness (QED) is 0.871. The minimum atomic E-state index is -0.860. The molecule has 1 atom stereocenters. The maximum Gasteiger partial charge on any atom is 0.311 e. The average Bonchev–Trinajstić information content (AvgIpc) is 2.61. The van der Waals surface area contributed by atoms with Crippen molar-refractivity contribution in [3.05, 3.63) is 23.8 Å². The first-order valence-corrected chi connectivity index (χ1v) is 8.54. The van der Waals surface area contributed by atoms with Crippen molar-refractivity contribution in [3.63, 3.8) is 0 Å². The number of piperidine rings is 1. The molecular weight excluding hydrogens is 324 g/mol. The summed E-state index contributed by atoms with van der Waals surface area (Å²) in [5.74, 6) is -0.804. The van der Waals surface area contributed by atoms with Gasteiger partial charge in [-0.2, -0.15) is 0 Å². The fraction of sp³-hybridized carbons (Fsp3) is 0.500. The van der Waals surface area contributed by atoms with Crippen molar-refractivity contribution < 1.29 is 24.2 Å². The molecule has 2 amide bonds. The van der Waals surface area contributed by atoms with E-state index in [9.17, 15) is 19.5 Å². The summed E-state index contributed by atoms with van der Waals surface area (Å²) < 4.78 is 5.35. The second kappa shape index (κ2) is 6.74. The summed E-state index contributed by atoms with van der Waals surface area (Å²) in [6.07, 6.45) is 2.60. The number of benzene rings is 1. The van der Waals surface area contributed by atoms with Crippen LogP contribution < -0.4 is 10.1 Å². The van der Waals surface area contributed by atoms with E-state index in [1.54, 1.807) is 23.1 Å². The molecule has 7 heteroatoms. The number of anilines is 1. The van der Waals surface area contributed by atoms with Crippen molar-refractivity contribution in [2.24, 2.45) is 5.41 Å². The Morgan fingerprint density at radius 1 is 1.40 bits per heavy atom. The van der Waals surface area contributed by atoms with Gasteiger partial charge in [0.05, 0.1) is 11.1 Å². The summed E-state index contributed by atoms with van der Waals surface area (Å²) in [5.41, 5.74) is 0.117. The molecule has 0 saturated carbocycles. The van der Waals surface area contributed by atoms with E-state index in [4.69, 9.17) is 4.74 Å². The van der Waals surface area contributed by atoms with E-state index < -0.39 is 11.4 Å². The van der Waals surface area contributed by atoms with Gasteiger partial charge in [0.1, 0.15) is 5.75 Å². The van der Waals surface area contributed by atoms with Crippen molar-refractivity contribution in [1.82, 2.24) is 4.90 Å². The molecule has 2 heterocycles. The van der Waals surface area contributed by atoms with Crippen LogP contribution in [0.5, 0.6) is 5.75 Å². The summed E-state index contributed by atoms with van der Waals surface area (Å²) in [6.45, 7) is 2.66. The highest BCUT2D eigenvalue weighted by molar-refractivity contribution is 5.99. The maximum atomic E-state index is 12.9. The number of rotatable bonds is 4. The van der Waals surface area contributed by atoms with Gasteiger partial charge in [-0.25, -0.2) is 0 Å². The molecule has 0 radical (unpaired) electrons. The van der Waals surface area contributed by atoms with Gasteiger partial charge < -0.3 is 20.1 Å². The monoisotopic (exact) mass is 346 g/mol. The van der Waals surface area contributed by atoms with Crippen molar-refractivity contribution in [2.45, 2.75) is 32.6 Å². The van der Waals surface area contributed by atoms with E-state index in [-0.39, 0.29) is 25.0 Å². The third-order valence-corrected chi connectivity index (χ3v) is 4.91. The van der Waals surface area contributed by atoms with Crippen LogP contribution in [0, 0.1) is 5.41 Å². The van der Waals surface area contributed by atoms with Crippen molar-refractivity contribution in [3.8, 4) is 5.75 Å². The van der Waals surface area contributed by atoms with Crippen LogP contribution in [-0.4, -0.2) is 47.5 Å². The molecule has 0 bridgehead atoms. The van der Waals surface area contributed by atoms with Crippen molar-refractivity contribution in [1.29, 1.82) is 0 Å². The summed E-state index contributed by atoms with van der Waals surface area (Å²) >= 11 is 0. The predicted octanol–water partition coefficient (Wildman–Crippen LogP) is 2.12. The van der Waals surface area contributed by atoms with Crippen LogP contribution in [0.1, 0.15) is 43.0 Å². The van der Waals surface area contributed by atoms with E-state index in [1.807, 2.05) is 6.92 Å². The summed E-state index contributed by atoms with van der Waals surface area (Å²) in [5, 5.41) is 12.4. The van der Waals surface area contributed by atoms with Gasteiger partial charge >= 0.3 is 5.97 Å².